The molecule has 0 saturated carbocycles. The first-order valence-corrected chi connectivity index (χ1v) is 5.94. The van der Waals surface area contributed by atoms with Gasteiger partial charge in [0.05, 0.1) is 5.69 Å². The van der Waals surface area contributed by atoms with E-state index in [9.17, 15) is 4.79 Å². The summed E-state index contributed by atoms with van der Waals surface area (Å²) >= 11 is 3.31. The van der Waals surface area contributed by atoms with Crippen LogP contribution >= 0.6 is 15.9 Å². The first-order valence-electron chi connectivity index (χ1n) is 5.15. The second kappa shape index (κ2) is 4.65. The zero-order valence-electron chi connectivity index (χ0n) is 8.90. The van der Waals surface area contributed by atoms with E-state index in [2.05, 4.69) is 32.9 Å². The summed E-state index contributed by atoms with van der Waals surface area (Å²) < 4.78 is 2.05. The predicted octanol–water partition coefficient (Wildman–Crippen LogP) is 2.28. The van der Waals surface area contributed by atoms with Gasteiger partial charge in [-0.1, -0.05) is 19.4 Å². The Balaban J connectivity index is 2.51. The molecule has 0 radical (unpaired) electrons. The highest BCUT2D eigenvalue weighted by Crippen LogP contribution is 2.13. The van der Waals surface area contributed by atoms with Crippen molar-refractivity contribution in [1.29, 1.82) is 0 Å². The van der Waals surface area contributed by atoms with Crippen molar-refractivity contribution in [2.75, 3.05) is 0 Å². The molecular weight excluding hydrogens is 270 g/mol. The molecule has 0 aliphatic rings. The number of rotatable bonds is 3. The van der Waals surface area contributed by atoms with E-state index in [-0.39, 0.29) is 5.56 Å². The maximum atomic E-state index is 11.9. The van der Waals surface area contributed by atoms with Gasteiger partial charge in [0, 0.05) is 6.20 Å². The molecule has 0 aliphatic carbocycles. The zero-order chi connectivity index (χ0) is 11.5. The minimum atomic E-state index is -0.0952. The molecule has 0 atom stereocenters. The summed E-state index contributed by atoms with van der Waals surface area (Å²) in [6, 6.07) is 5.46. The largest absolute Gasteiger partial charge is 0.292 e. The first kappa shape index (κ1) is 11.1. The van der Waals surface area contributed by atoms with E-state index in [4.69, 9.17) is 0 Å². The van der Waals surface area contributed by atoms with Crippen molar-refractivity contribution in [3.8, 4) is 5.82 Å². The number of aromatic nitrogens is 3. The number of aromatic amines is 1. The van der Waals surface area contributed by atoms with Crippen molar-refractivity contribution in [3.05, 3.63) is 44.9 Å². The molecule has 2 aromatic heterocycles. The Morgan fingerprint density at radius 2 is 2.31 bits per heavy atom. The normalized spacial score (nSPS) is 10.6. The monoisotopic (exact) mass is 281 g/mol. The Morgan fingerprint density at radius 1 is 1.50 bits per heavy atom. The summed E-state index contributed by atoms with van der Waals surface area (Å²) in [5.41, 5.74) is 0.820. The highest BCUT2D eigenvalue weighted by atomic mass is 79.9. The minimum Gasteiger partial charge on any atom is -0.292 e. The van der Waals surface area contributed by atoms with Crippen molar-refractivity contribution >= 4 is 15.9 Å². The van der Waals surface area contributed by atoms with E-state index in [0.717, 1.165) is 18.5 Å². The minimum absolute atomic E-state index is 0.0952. The van der Waals surface area contributed by atoms with Gasteiger partial charge in [0.2, 0.25) is 0 Å². The first-order chi connectivity index (χ1) is 7.74. The van der Waals surface area contributed by atoms with E-state index >= 15 is 0 Å². The summed E-state index contributed by atoms with van der Waals surface area (Å²) in [4.78, 5) is 16.0. The number of nitrogens with zero attached hydrogens (tertiary/aromatic N) is 2. The average Bonchev–Trinajstić information content (AvgIpc) is 2.59. The topological polar surface area (TPSA) is 50.7 Å². The number of hydrogen-bond donors (Lipinski definition) is 1. The van der Waals surface area contributed by atoms with Gasteiger partial charge in [0.1, 0.15) is 4.47 Å². The highest BCUT2D eigenvalue weighted by Gasteiger charge is 2.12. The molecule has 0 saturated heterocycles. The Morgan fingerprint density at radius 3 is 2.94 bits per heavy atom. The molecule has 2 heterocycles. The molecule has 0 spiro atoms. The van der Waals surface area contributed by atoms with Gasteiger partial charge < -0.3 is 0 Å². The summed E-state index contributed by atoms with van der Waals surface area (Å²) in [5.74, 6) is 0.607. The summed E-state index contributed by atoms with van der Waals surface area (Å²) in [5, 5.41) is 3.06. The van der Waals surface area contributed by atoms with E-state index in [1.807, 2.05) is 12.1 Å². The maximum Gasteiger partial charge on any atom is 0.287 e. The number of aryl methyl sites for hydroxylation is 1. The van der Waals surface area contributed by atoms with Crippen LogP contribution in [0.3, 0.4) is 0 Å². The molecule has 0 unspecified atom stereocenters. The van der Waals surface area contributed by atoms with Gasteiger partial charge in [-0.15, -0.1) is 0 Å². The predicted molar refractivity (Wildman–Crippen MR) is 65.9 cm³/mol. The number of pyridine rings is 1. The van der Waals surface area contributed by atoms with Crippen LogP contribution in [0.4, 0.5) is 0 Å². The molecule has 0 aliphatic heterocycles. The van der Waals surface area contributed by atoms with Gasteiger partial charge in [0.25, 0.3) is 5.56 Å². The van der Waals surface area contributed by atoms with Crippen molar-refractivity contribution < 1.29 is 0 Å². The van der Waals surface area contributed by atoms with Crippen LogP contribution in [0.1, 0.15) is 19.0 Å². The third-order valence-corrected chi connectivity index (χ3v) is 3.10. The second-order valence-electron chi connectivity index (χ2n) is 3.48. The van der Waals surface area contributed by atoms with Crippen LogP contribution in [0.5, 0.6) is 0 Å². The van der Waals surface area contributed by atoms with E-state index in [0.29, 0.717) is 10.3 Å². The lowest BCUT2D eigenvalue weighted by Crippen LogP contribution is -2.15. The standard InChI is InChI=1S/C11H12BrN3O/c1-2-5-8-10(12)11(16)15(14-8)9-6-3-4-7-13-9/h3-4,6-7,14H,2,5H2,1H3. The fraction of sp³-hybridized carbons (Fsp3) is 0.273. The van der Waals surface area contributed by atoms with Crippen molar-refractivity contribution in [2.45, 2.75) is 19.8 Å². The fourth-order valence-corrected chi connectivity index (χ4v) is 1.99. The quantitative estimate of drug-likeness (QED) is 0.938. The molecule has 0 bridgehead atoms. The summed E-state index contributed by atoms with van der Waals surface area (Å²) in [7, 11) is 0. The molecule has 2 rings (SSSR count). The Labute approximate surface area is 101 Å². The molecule has 84 valence electrons. The molecule has 16 heavy (non-hydrogen) atoms. The van der Waals surface area contributed by atoms with Gasteiger partial charge in [-0.25, -0.2) is 9.67 Å². The van der Waals surface area contributed by atoms with Crippen LogP contribution in [0, 0.1) is 0 Å². The maximum absolute atomic E-state index is 11.9. The van der Waals surface area contributed by atoms with Crippen LogP contribution in [-0.4, -0.2) is 14.8 Å². The molecule has 0 aromatic carbocycles. The van der Waals surface area contributed by atoms with E-state index in [1.165, 1.54) is 4.68 Å². The van der Waals surface area contributed by atoms with Crippen LogP contribution in [0.25, 0.3) is 5.82 Å². The van der Waals surface area contributed by atoms with Gasteiger partial charge in [0.15, 0.2) is 5.82 Å². The van der Waals surface area contributed by atoms with E-state index in [1.54, 1.807) is 12.3 Å². The van der Waals surface area contributed by atoms with Crippen molar-refractivity contribution in [1.82, 2.24) is 14.8 Å². The van der Waals surface area contributed by atoms with Gasteiger partial charge in [-0.05, 0) is 34.5 Å². The second-order valence-corrected chi connectivity index (χ2v) is 4.28. The molecule has 2 aromatic rings. The Kier molecular flexibility index (Phi) is 3.24. The Bertz CT molecular complexity index is 530. The average molecular weight is 282 g/mol. The Hall–Kier alpha value is -1.36. The molecule has 4 nitrogen and oxygen atoms in total. The van der Waals surface area contributed by atoms with Crippen LogP contribution in [0.15, 0.2) is 33.7 Å². The van der Waals surface area contributed by atoms with Gasteiger partial charge in [-0.3, -0.25) is 9.89 Å². The highest BCUT2D eigenvalue weighted by molar-refractivity contribution is 9.10. The van der Waals surface area contributed by atoms with Crippen LogP contribution in [-0.2, 0) is 6.42 Å². The number of halogens is 1. The molecule has 0 amide bonds. The number of hydrogen-bond acceptors (Lipinski definition) is 2. The summed E-state index contributed by atoms with van der Waals surface area (Å²) in [6.45, 7) is 2.07. The van der Waals surface area contributed by atoms with Gasteiger partial charge in [-0.2, -0.15) is 0 Å². The molecule has 1 N–H and O–H groups in total. The van der Waals surface area contributed by atoms with Crippen LogP contribution < -0.4 is 5.56 Å². The smallest absolute Gasteiger partial charge is 0.287 e. The summed E-state index contributed by atoms with van der Waals surface area (Å²) in [6.07, 6.45) is 3.49. The zero-order valence-corrected chi connectivity index (χ0v) is 10.5. The third kappa shape index (κ3) is 1.95. The molecular formula is C11H12BrN3O. The lowest BCUT2D eigenvalue weighted by atomic mass is 10.3. The number of H-pyrrole nitrogens is 1. The van der Waals surface area contributed by atoms with Gasteiger partial charge >= 0.3 is 0 Å². The lowest BCUT2D eigenvalue weighted by molar-refractivity contribution is 0.775. The van der Waals surface area contributed by atoms with Crippen molar-refractivity contribution in [2.24, 2.45) is 0 Å². The SMILES string of the molecule is CCCc1[nH]n(-c2ccccn2)c(=O)c1Br. The van der Waals surface area contributed by atoms with Crippen LogP contribution in [0.2, 0.25) is 0 Å². The number of nitrogens with one attached hydrogen (secondary N) is 1. The molecule has 0 fully saturated rings. The van der Waals surface area contributed by atoms with Crippen molar-refractivity contribution in [3.63, 3.8) is 0 Å². The van der Waals surface area contributed by atoms with E-state index < -0.39 is 0 Å². The molecule has 5 heteroatoms. The lowest BCUT2D eigenvalue weighted by Gasteiger charge is -1.99. The fourth-order valence-electron chi connectivity index (χ4n) is 1.53. The third-order valence-electron chi connectivity index (χ3n) is 2.28.